The molecule has 6 rings (SSSR count). The van der Waals surface area contributed by atoms with Gasteiger partial charge in [-0.25, -0.2) is 0 Å². The number of hydrogen-bond acceptors (Lipinski definition) is 0. The van der Waals surface area contributed by atoms with Gasteiger partial charge in [0.05, 0.1) is 0 Å². The maximum Gasteiger partial charge on any atom is 0.0361 e. The average molecular weight is 278 g/mol. The van der Waals surface area contributed by atoms with Crippen LogP contribution in [0.2, 0.25) is 0 Å². The summed E-state index contributed by atoms with van der Waals surface area (Å²) in [7, 11) is 0. The molecule has 0 radical (unpaired) electrons. The quantitative estimate of drug-likeness (QED) is 0.362. The van der Waals surface area contributed by atoms with Crippen molar-refractivity contribution in [1.29, 1.82) is 0 Å². The van der Waals surface area contributed by atoms with E-state index in [-0.39, 0.29) is 5.92 Å². The van der Waals surface area contributed by atoms with Crippen LogP contribution < -0.4 is 0 Å². The maximum absolute atomic E-state index is 5.80. The molecule has 0 heteroatoms. The van der Waals surface area contributed by atoms with Gasteiger partial charge < -0.3 is 0 Å². The molecule has 22 heavy (non-hydrogen) atoms. The van der Waals surface area contributed by atoms with Gasteiger partial charge in [0, 0.05) is 17.4 Å². The Labute approximate surface area is 130 Å². The second-order valence-corrected chi connectivity index (χ2v) is 6.08. The lowest BCUT2D eigenvalue weighted by Gasteiger charge is -2.42. The van der Waals surface area contributed by atoms with E-state index < -0.39 is 0 Å². The minimum absolute atomic E-state index is 0.277. The van der Waals surface area contributed by atoms with Crippen LogP contribution in [-0.2, 0) is 0 Å². The van der Waals surface area contributed by atoms with Gasteiger partial charge in [0.1, 0.15) is 0 Å². The van der Waals surface area contributed by atoms with Crippen LogP contribution in [0.1, 0.15) is 50.8 Å². The highest BCUT2D eigenvalue weighted by Crippen LogP contribution is 2.56. The highest BCUT2D eigenvalue weighted by Gasteiger charge is 2.41. The van der Waals surface area contributed by atoms with E-state index in [1.807, 2.05) is 0 Å². The highest BCUT2D eigenvalue weighted by atomic mass is 14.4. The van der Waals surface area contributed by atoms with E-state index in [0.29, 0.717) is 5.92 Å². The predicted octanol–water partition coefficient (Wildman–Crippen LogP) is 4.66. The van der Waals surface area contributed by atoms with Crippen LogP contribution in [0.4, 0.5) is 0 Å². The molecule has 2 bridgehead atoms. The van der Waals surface area contributed by atoms with Crippen LogP contribution in [0, 0.1) is 12.3 Å². The summed E-state index contributed by atoms with van der Waals surface area (Å²) in [6.07, 6.45) is 5.80. The SMILES string of the molecule is C#Cc1cccc2c1C1c3ccccc3C2c2ccccc21. The Morgan fingerprint density at radius 2 is 1.09 bits per heavy atom. The highest BCUT2D eigenvalue weighted by molar-refractivity contribution is 5.70. The van der Waals surface area contributed by atoms with Gasteiger partial charge in [-0.15, -0.1) is 6.42 Å². The first kappa shape index (κ1) is 11.8. The molecule has 102 valence electrons. The Morgan fingerprint density at radius 1 is 0.591 bits per heavy atom. The van der Waals surface area contributed by atoms with Crippen molar-refractivity contribution >= 4 is 0 Å². The van der Waals surface area contributed by atoms with Crippen LogP contribution in [0.3, 0.4) is 0 Å². The van der Waals surface area contributed by atoms with Crippen molar-refractivity contribution in [2.24, 2.45) is 0 Å². The van der Waals surface area contributed by atoms with Crippen LogP contribution in [0.5, 0.6) is 0 Å². The Kier molecular flexibility index (Phi) is 2.22. The average Bonchev–Trinajstić information content (AvgIpc) is 2.60. The molecule has 0 spiro atoms. The van der Waals surface area contributed by atoms with Gasteiger partial charge in [-0.1, -0.05) is 66.6 Å². The zero-order chi connectivity index (χ0) is 14.7. The van der Waals surface area contributed by atoms with Crippen LogP contribution in [0.15, 0.2) is 66.7 Å². The lowest BCUT2D eigenvalue weighted by atomic mass is 9.60. The standard InChI is InChI=1S/C22H14/c1-2-14-8-7-13-19-20(14)22-17-11-5-3-9-15(17)21(19)16-10-4-6-12-18(16)22/h1,3-13,21-22H. The van der Waals surface area contributed by atoms with Crippen molar-refractivity contribution in [2.75, 3.05) is 0 Å². The Balaban J connectivity index is 1.95. The fourth-order valence-electron chi connectivity index (χ4n) is 4.34. The number of rotatable bonds is 0. The molecule has 0 saturated carbocycles. The lowest BCUT2D eigenvalue weighted by Crippen LogP contribution is -2.28. The molecule has 3 aromatic rings. The smallest absolute Gasteiger partial charge is 0.0361 e. The number of benzene rings is 3. The molecule has 3 aliphatic rings. The van der Waals surface area contributed by atoms with E-state index >= 15 is 0 Å². The number of terminal acetylenes is 1. The summed E-state index contributed by atoms with van der Waals surface area (Å²) >= 11 is 0. The summed E-state index contributed by atoms with van der Waals surface area (Å²) in [4.78, 5) is 0. The van der Waals surface area contributed by atoms with Gasteiger partial charge in [-0.2, -0.15) is 0 Å². The van der Waals surface area contributed by atoms with Crippen molar-refractivity contribution in [3.8, 4) is 12.3 Å². The molecule has 0 amide bonds. The molecule has 3 aromatic carbocycles. The lowest BCUT2D eigenvalue weighted by molar-refractivity contribution is 0.752. The van der Waals surface area contributed by atoms with Crippen LogP contribution in [0.25, 0.3) is 0 Å². The third kappa shape index (κ3) is 1.29. The summed E-state index contributed by atoms with van der Waals surface area (Å²) in [6, 6.07) is 24.1. The minimum atomic E-state index is 0.277. The molecule has 0 nitrogen and oxygen atoms in total. The Bertz CT molecular complexity index is 908. The zero-order valence-electron chi connectivity index (χ0n) is 12.1. The summed E-state index contributed by atoms with van der Waals surface area (Å²) in [6.45, 7) is 0. The Hall–Kier alpha value is -2.78. The molecule has 0 fully saturated rings. The molecular weight excluding hydrogens is 264 g/mol. The first-order chi connectivity index (χ1) is 10.9. The first-order valence-corrected chi connectivity index (χ1v) is 7.67. The molecule has 0 aromatic heterocycles. The second-order valence-electron chi connectivity index (χ2n) is 6.08. The maximum atomic E-state index is 5.80. The molecule has 0 saturated heterocycles. The van der Waals surface area contributed by atoms with E-state index in [0.717, 1.165) is 5.56 Å². The monoisotopic (exact) mass is 278 g/mol. The van der Waals surface area contributed by atoms with Crippen molar-refractivity contribution in [2.45, 2.75) is 11.8 Å². The molecule has 0 atom stereocenters. The number of hydrogen-bond donors (Lipinski definition) is 0. The topological polar surface area (TPSA) is 0 Å². The zero-order valence-corrected chi connectivity index (χ0v) is 12.1. The summed E-state index contributed by atoms with van der Waals surface area (Å²) < 4.78 is 0. The molecule has 0 heterocycles. The molecule has 3 aliphatic carbocycles. The fourth-order valence-corrected chi connectivity index (χ4v) is 4.34. The van der Waals surface area contributed by atoms with E-state index in [4.69, 9.17) is 6.42 Å². The van der Waals surface area contributed by atoms with Crippen LogP contribution >= 0.6 is 0 Å². The van der Waals surface area contributed by atoms with Gasteiger partial charge >= 0.3 is 0 Å². The largest absolute Gasteiger partial charge is 0.115 e. The van der Waals surface area contributed by atoms with Crippen molar-refractivity contribution in [1.82, 2.24) is 0 Å². The van der Waals surface area contributed by atoms with Crippen molar-refractivity contribution in [3.05, 3.63) is 106 Å². The van der Waals surface area contributed by atoms with E-state index in [1.54, 1.807) is 0 Å². The van der Waals surface area contributed by atoms with Gasteiger partial charge in [-0.05, 0) is 39.4 Å². The summed E-state index contributed by atoms with van der Waals surface area (Å²) in [5, 5.41) is 0. The molecule has 0 unspecified atom stereocenters. The Morgan fingerprint density at radius 3 is 1.64 bits per heavy atom. The third-order valence-corrected chi connectivity index (χ3v) is 5.13. The van der Waals surface area contributed by atoms with Gasteiger partial charge in [0.2, 0.25) is 0 Å². The minimum Gasteiger partial charge on any atom is -0.115 e. The van der Waals surface area contributed by atoms with E-state index in [1.165, 1.54) is 33.4 Å². The predicted molar refractivity (Wildman–Crippen MR) is 89.2 cm³/mol. The van der Waals surface area contributed by atoms with E-state index in [2.05, 4.69) is 72.7 Å². The second kappa shape index (κ2) is 4.12. The molecule has 0 N–H and O–H groups in total. The van der Waals surface area contributed by atoms with Gasteiger partial charge in [0.25, 0.3) is 0 Å². The van der Waals surface area contributed by atoms with Gasteiger partial charge in [-0.3, -0.25) is 0 Å². The van der Waals surface area contributed by atoms with Crippen LogP contribution in [-0.4, -0.2) is 0 Å². The third-order valence-electron chi connectivity index (χ3n) is 5.13. The molecular formula is C22H14. The van der Waals surface area contributed by atoms with Crippen molar-refractivity contribution < 1.29 is 0 Å². The van der Waals surface area contributed by atoms with Crippen molar-refractivity contribution in [3.63, 3.8) is 0 Å². The summed E-state index contributed by atoms with van der Waals surface area (Å²) in [5.41, 5.74) is 9.48. The normalized spacial score (nSPS) is 19.8. The first-order valence-electron chi connectivity index (χ1n) is 7.67. The molecule has 0 aliphatic heterocycles. The summed E-state index contributed by atoms with van der Waals surface area (Å²) in [5.74, 6) is 3.50. The fraction of sp³-hybridized carbons (Fsp3) is 0.0909. The van der Waals surface area contributed by atoms with E-state index in [9.17, 15) is 0 Å². The van der Waals surface area contributed by atoms with Gasteiger partial charge in [0.15, 0.2) is 0 Å².